The van der Waals surface area contributed by atoms with Crippen LogP contribution in [0.5, 0.6) is 0 Å². The van der Waals surface area contributed by atoms with E-state index in [0.29, 0.717) is 0 Å². The van der Waals surface area contributed by atoms with Gasteiger partial charge in [0.15, 0.2) is 0 Å². The van der Waals surface area contributed by atoms with Gasteiger partial charge in [0.25, 0.3) is 0 Å². The molecule has 0 aliphatic carbocycles. The van der Waals surface area contributed by atoms with Crippen LogP contribution in [-0.4, -0.2) is 0 Å². The number of hydrogen-bond acceptors (Lipinski definition) is 1. The first-order chi connectivity index (χ1) is 3.77. The van der Waals surface area contributed by atoms with E-state index in [4.69, 9.17) is 0 Å². The Labute approximate surface area is 69.3 Å². The van der Waals surface area contributed by atoms with Crippen LogP contribution in [-0.2, 0) is 0 Å². The molecule has 0 aromatic carbocycles. The van der Waals surface area contributed by atoms with Gasteiger partial charge in [-0.15, -0.1) is 5.76 Å². The van der Waals surface area contributed by atoms with Crippen LogP contribution in [0, 0.1) is 0 Å². The van der Waals surface area contributed by atoms with Crippen molar-refractivity contribution in [3.05, 3.63) is 11.8 Å². The van der Waals surface area contributed by atoms with E-state index in [-0.39, 0.29) is 24.6 Å². The predicted octanol–water partition coefficient (Wildman–Crippen LogP) is -1.56. The molecule has 0 bridgehead atoms. The van der Waals surface area contributed by atoms with Crippen molar-refractivity contribution >= 4 is 0 Å². The molecule has 1 nitrogen and oxygen atoms in total. The van der Waals surface area contributed by atoms with Crippen molar-refractivity contribution in [1.29, 1.82) is 0 Å². The zero-order valence-corrected chi connectivity index (χ0v) is 6.61. The molecule has 48 valence electrons. The van der Waals surface area contributed by atoms with Gasteiger partial charge in [0, 0.05) is 0 Å². The van der Waals surface area contributed by atoms with Gasteiger partial charge < -0.3 is 5.11 Å². The number of unbranched alkanes of at least 4 members (excludes halogenated alkanes) is 2. The van der Waals surface area contributed by atoms with Crippen LogP contribution in [0.2, 0.25) is 0 Å². The second-order valence-corrected chi connectivity index (χ2v) is 1.96. The van der Waals surface area contributed by atoms with Gasteiger partial charge in [-0.2, -0.15) is 0 Å². The summed E-state index contributed by atoms with van der Waals surface area (Å²) in [4.78, 5) is 0. The monoisotopic (exact) mass is 120 g/mol. The number of allylic oxidation sites excluding steroid dienone is 2. The van der Waals surface area contributed by atoms with Gasteiger partial charge in [0.1, 0.15) is 0 Å². The summed E-state index contributed by atoms with van der Waals surface area (Å²) in [6, 6.07) is 0. The smallest absolute Gasteiger partial charge is 0.876 e. The fourth-order valence-electron chi connectivity index (χ4n) is 0.509. The van der Waals surface area contributed by atoms with Gasteiger partial charge in [-0.3, -0.25) is 0 Å². The average molecular weight is 120 g/mol. The van der Waals surface area contributed by atoms with Gasteiger partial charge in [0.05, 0.1) is 0 Å². The van der Waals surface area contributed by atoms with E-state index < -0.39 is 0 Å². The first-order valence-electron chi connectivity index (χ1n) is 3.11. The Kier molecular flexibility index (Phi) is 10.7. The Hall–Kier alpha value is 0.137. The average Bonchev–Trinajstić information content (AvgIpc) is 1.66. The summed E-state index contributed by atoms with van der Waals surface area (Å²) >= 11 is 0. The molecule has 0 atom stereocenters. The van der Waals surface area contributed by atoms with E-state index in [9.17, 15) is 5.11 Å². The van der Waals surface area contributed by atoms with Crippen LogP contribution in [0.25, 0.3) is 0 Å². The summed E-state index contributed by atoms with van der Waals surface area (Å²) in [5, 5.41) is 10.3. The van der Waals surface area contributed by atoms with E-state index in [1.807, 2.05) is 0 Å². The van der Waals surface area contributed by atoms with Gasteiger partial charge in [-0.25, -0.2) is 0 Å². The fourth-order valence-corrected chi connectivity index (χ4v) is 0.509. The second kappa shape index (κ2) is 8.14. The molecule has 0 saturated carbocycles. The molecule has 0 rings (SSSR count). The molecule has 0 fully saturated rings. The minimum Gasteiger partial charge on any atom is -0.876 e. The minimum absolute atomic E-state index is 0. The molecule has 0 radical (unpaired) electrons. The maximum atomic E-state index is 10.3. The molecule has 0 aromatic rings. The zero-order chi connectivity index (χ0) is 6.41. The normalized spacial score (nSPS) is 10.7. The second-order valence-electron chi connectivity index (χ2n) is 1.96. The molecule has 0 spiro atoms. The van der Waals surface area contributed by atoms with E-state index in [2.05, 4.69) is 6.92 Å². The maximum absolute atomic E-state index is 10.3. The van der Waals surface area contributed by atoms with E-state index in [1.54, 1.807) is 13.0 Å². The molecule has 0 saturated heterocycles. The van der Waals surface area contributed by atoms with E-state index in [0.717, 1.165) is 12.8 Å². The Morgan fingerprint density at radius 3 is 2.44 bits per heavy atom. The molecular formula is C7H13LiO. The minimum atomic E-state index is 0. The third-order valence-corrected chi connectivity index (χ3v) is 0.989. The standard InChI is InChI=1S/C7H14O.Li/c1-3-4-5-6-7(2)8;/h6,8H,3-5H2,1-2H3;/q;+1/p-1/b7-6-;. The molecule has 0 aliphatic rings. The summed E-state index contributed by atoms with van der Waals surface area (Å²) in [6.45, 7) is 3.71. The van der Waals surface area contributed by atoms with Crippen LogP contribution >= 0.6 is 0 Å². The van der Waals surface area contributed by atoms with Gasteiger partial charge in [0.2, 0.25) is 0 Å². The van der Waals surface area contributed by atoms with Crippen molar-refractivity contribution in [3.63, 3.8) is 0 Å². The third kappa shape index (κ3) is 11.6. The van der Waals surface area contributed by atoms with Crippen molar-refractivity contribution in [2.45, 2.75) is 33.1 Å². The Bertz CT molecular complexity index is 75.0. The number of hydrogen-bond donors (Lipinski definition) is 0. The van der Waals surface area contributed by atoms with Crippen molar-refractivity contribution in [2.24, 2.45) is 0 Å². The van der Waals surface area contributed by atoms with Crippen molar-refractivity contribution in [1.82, 2.24) is 0 Å². The van der Waals surface area contributed by atoms with E-state index in [1.165, 1.54) is 6.42 Å². The molecule has 0 aromatic heterocycles. The molecular weight excluding hydrogens is 107 g/mol. The van der Waals surface area contributed by atoms with Crippen LogP contribution in [0.3, 0.4) is 0 Å². The quantitative estimate of drug-likeness (QED) is 0.251. The molecule has 0 N–H and O–H groups in total. The molecule has 2 heteroatoms. The summed E-state index contributed by atoms with van der Waals surface area (Å²) in [5.74, 6) is 0.193. The summed E-state index contributed by atoms with van der Waals surface area (Å²) in [6.07, 6.45) is 5.00. The Morgan fingerprint density at radius 2 is 2.11 bits per heavy atom. The fraction of sp³-hybridized carbons (Fsp3) is 0.714. The van der Waals surface area contributed by atoms with Gasteiger partial charge in [-0.05, 0) is 6.42 Å². The molecule has 0 aliphatic heterocycles. The Morgan fingerprint density at radius 1 is 1.56 bits per heavy atom. The van der Waals surface area contributed by atoms with Crippen molar-refractivity contribution in [2.75, 3.05) is 0 Å². The SMILES string of the molecule is CCCC/C=C(/C)[O-].[Li+]. The molecule has 0 heterocycles. The first-order valence-corrected chi connectivity index (χ1v) is 3.11. The molecule has 0 unspecified atom stereocenters. The van der Waals surface area contributed by atoms with Crippen molar-refractivity contribution < 1.29 is 24.0 Å². The van der Waals surface area contributed by atoms with Crippen LogP contribution < -0.4 is 24.0 Å². The van der Waals surface area contributed by atoms with Crippen molar-refractivity contribution in [3.8, 4) is 0 Å². The molecule has 9 heavy (non-hydrogen) atoms. The zero-order valence-electron chi connectivity index (χ0n) is 6.61. The first kappa shape index (κ1) is 11.9. The largest absolute Gasteiger partial charge is 1.00 e. The maximum Gasteiger partial charge on any atom is 1.00 e. The topological polar surface area (TPSA) is 23.1 Å². The summed E-state index contributed by atoms with van der Waals surface area (Å²) in [7, 11) is 0. The van der Waals surface area contributed by atoms with Gasteiger partial charge in [-0.1, -0.05) is 32.8 Å². The molecule has 0 amide bonds. The number of rotatable bonds is 3. The summed E-state index contributed by atoms with van der Waals surface area (Å²) in [5.41, 5.74) is 0. The predicted molar refractivity (Wildman–Crippen MR) is 33.3 cm³/mol. The van der Waals surface area contributed by atoms with Crippen LogP contribution in [0.4, 0.5) is 0 Å². The van der Waals surface area contributed by atoms with Crippen LogP contribution in [0.1, 0.15) is 33.1 Å². The Balaban J connectivity index is 0. The third-order valence-electron chi connectivity index (χ3n) is 0.989. The van der Waals surface area contributed by atoms with Gasteiger partial charge >= 0.3 is 18.9 Å². The van der Waals surface area contributed by atoms with Crippen LogP contribution in [0.15, 0.2) is 11.8 Å². The summed E-state index contributed by atoms with van der Waals surface area (Å²) < 4.78 is 0. The van der Waals surface area contributed by atoms with E-state index >= 15 is 0 Å².